The Labute approximate surface area is 202 Å². The van der Waals surface area contributed by atoms with Gasteiger partial charge in [0, 0.05) is 37.7 Å². The molecule has 0 spiro atoms. The number of hydrogen-bond donors (Lipinski definition) is 0. The predicted octanol–water partition coefficient (Wildman–Crippen LogP) is 4.33. The van der Waals surface area contributed by atoms with E-state index in [9.17, 15) is 4.79 Å². The monoisotopic (exact) mass is 517 g/mol. The summed E-state index contributed by atoms with van der Waals surface area (Å²) in [5.41, 5.74) is 0.990. The lowest BCUT2D eigenvalue weighted by molar-refractivity contribution is -0.168. The Kier molecular flexibility index (Phi) is 5.15. The number of amides is 1. The second kappa shape index (κ2) is 7.81. The van der Waals surface area contributed by atoms with E-state index in [-0.39, 0.29) is 11.0 Å². The van der Waals surface area contributed by atoms with Crippen molar-refractivity contribution >= 4 is 33.4 Å². The minimum absolute atomic E-state index is 0.0346. The molecule has 1 aromatic heterocycles. The van der Waals surface area contributed by atoms with Gasteiger partial charge in [-0.2, -0.15) is 0 Å². The zero-order valence-corrected chi connectivity index (χ0v) is 20.6. The van der Waals surface area contributed by atoms with Crippen molar-refractivity contribution in [1.29, 1.82) is 0 Å². The summed E-state index contributed by atoms with van der Waals surface area (Å²) in [4.78, 5) is 22.9. The topological polar surface area (TPSA) is 54.3 Å². The smallest absolute Gasteiger partial charge is 0.228 e. The molecular weight excluding hydrogens is 490 g/mol. The van der Waals surface area contributed by atoms with Gasteiger partial charge < -0.3 is 4.90 Å². The Bertz CT molecular complexity index is 1020. The van der Waals surface area contributed by atoms with Crippen molar-refractivity contribution in [3.8, 4) is 0 Å². The molecule has 4 aliphatic carbocycles. The van der Waals surface area contributed by atoms with E-state index in [1.165, 1.54) is 12.0 Å². The summed E-state index contributed by atoms with van der Waals surface area (Å²) < 4.78 is 2.73. The molecule has 7 rings (SSSR count). The maximum Gasteiger partial charge on any atom is 0.228 e. The number of carbonyl (C=O) groups is 1. The predicted molar refractivity (Wildman–Crippen MR) is 126 cm³/mol. The van der Waals surface area contributed by atoms with Crippen molar-refractivity contribution in [3.05, 3.63) is 45.9 Å². The highest BCUT2D eigenvalue weighted by Gasteiger charge is 2.62. The fraction of sp³-hybridized carbons (Fsp3) is 0.625. The van der Waals surface area contributed by atoms with Gasteiger partial charge in [-0.05, 0) is 84.0 Å². The van der Waals surface area contributed by atoms with Gasteiger partial charge in [0.2, 0.25) is 10.6 Å². The molecule has 170 valence electrons. The summed E-state index contributed by atoms with van der Waals surface area (Å²) >= 11 is 9.57. The molecule has 0 radical (unpaired) electrons. The van der Waals surface area contributed by atoms with E-state index in [2.05, 4.69) is 46.6 Å². The second-order valence-electron chi connectivity index (χ2n) is 10.6. The molecule has 0 N–H and O–H groups in total. The molecule has 2 unspecified atom stereocenters. The Morgan fingerprint density at radius 3 is 2.53 bits per heavy atom. The average molecular weight is 519 g/mol. The molecule has 2 heterocycles. The SMILES string of the molecule is O=C(N1CCN(Cc2cccc(Cl)c2)CC1)C12CC3CC(C1)CC(n1cnc(Br)n1)(C3)C2. The zero-order valence-electron chi connectivity index (χ0n) is 18.2. The van der Waals surface area contributed by atoms with Crippen LogP contribution in [0.4, 0.5) is 0 Å². The highest BCUT2D eigenvalue weighted by molar-refractivity contribution is 9.10. The van der Waals surface area contributed by atoms with Crippen LogP contribution in [0.25, 0.3) is 0 Å². The van der Waals surface area contributed by atoms with Crippen LogP contribution in [-0.4, -0.2) is 56.7 Å². The van der Waals surface area contributed by atoms with Gasteiger partial charge in [0.1, 0.15) is 6.33 Å². The first kappa shape index (κ1) is 21.1. The van der Waals surface area contributed by atoms with E-state index in [0.717, 1.165) is 69.9 Å². The number of aromatic nitrogens is 3. The molecule has 6 nitrogen and oxygen atoms in total. The highest BCUT2D eigenvalue weighted by atomic mass is 79.9. The minimum Gasteiger partial charge on any atom is -0.340 e. The number of carbonyl (C=O) groups excluding carboxylic acids is 1. The van der Waals surface area contributed by atoms with Crippen LogP contribution in [0.5, 0.6) is 0 Å². The van der Waals surface area contributed by atoms with Crippen molar-refractivity contribution in [2.45, 2.75) is 50.6 Å². The molecule has 2 aromatic rings. The van der Waals surface area contributed by atoms with E-state index in [1.807, 2.05) is 24.5 Å². The Morgan fingerprint density at radius 2 is 1.88 bits per heavy atom. The number of hydrogen-bond acceptors (Lipinski definition) is 4. The quantitative estimate of drug-likeness (QED) is 0.604. The molecule has 1 saturated heterocycles. The average Bonchev–Trinajstić information content (AvgIpc) is 3.20. The van der Waals surface area contributed by atoms with Gasteiger partial charge in [0.15, 0.2) is 0 Å². The van der Waals surface area contributed by atoms with E-state index >= 15 is 0 Å². The Morgan fingerprint density at radius 1 is 1.12 bits per heavy atom. The van der Waals surface area contributed by atoms with Crippen molar-refractivity contribution in [1.82, 2.24) is 24.6 Å². The maximum atomic E-state index is 14.0. The highest BCUT2D eigenvalue weighted by Crippen LogP contribution is 2.64. The third kappa shape index (κ3) is 3.61. The molecule has 8 heteroatoms. The summed E-state index contributed by atoms with van der Waals surface area (Å²) in [6.07, 6.45) is 8.46. The fourth-order valence-electron chi connectivity index (χ4n) is 7.54. The molecule has 4 bridgehead atoms. The lowest BCUT2D eigenvalue weighted by Crippen LogP contribution is -2.62. The second-order valence-corrected chi connectivity index (χ2v) is 11.8. The van der Waals surface area contributed by atoms with Crippen LogP contribution in [0.1, 0.15) is 44.1 Å². The third-order valence-corrected chi connectivity index (χ3v) is 8.99. The molecule has 32 heavy (non-hydrogen) atoms. The minimum atomic E-state index is -0.211. The lowest BCUT2D eigenvalue weighted by Gasteiger charge is -2.61. The molecular formula is C24H29BrClN5O. The van der Waals surface area contributed by atoms with Gasteiger partial charge in [0.05, 0.1) is 11.0 Å². The van der Waals surface area contributed by atoms with Crippen molar-refractivity contribution in [2.75, 3.05) is 26.2 Å². The molecule has 5 aliphatic rings. The standard InChI is InChI=1S/C24H29BrClN5O/c25-22-27-16-31(28-22)24-12-18-8-19(13-24)11-23(10-18,15-24)21(32)30-6-4-29(5-7-30)14-17-2-1-3-20(26)9-17/h1-3,9,16,18-19H,4-8,10-15H2. The Hall–Kier alpha value is -1.44. The first-order valence-electron chi connectivity index (χ1n) is 11.8. The summed E-state index contributed by atoms with van der Waals surface area (Å²) in [5.74, 6) is 1.66. The van der Waals surface area contributed by atoms with Crippen LogP contribution in [0, 0.1) is 17.3 Å². The van der Waals surface area contributed by atoms with Gasteiger partial charge in [-0.3, -0.25) is 9.69 Å². The van der Waals surface area contributed by atoms with E-state index < -0.39 is 0 Å². The van der Waals surface area contributed by atoms with E-state index in [0.29, 0.717) is 22.5 Å². The number of rotatable bonds is 4. The summed E-state index contributed by atoms with van der Waals surface area (Å²) in [5, 5.41) is 5.42. The van der Waals surface area contributed by atoms with E-state index in [4.69, 9.17) is 11.6 Å². The first-order valence-corrected chi connectivity index (χ1v) is 12.9. The van der Waals surface area contributed by atoms with Gasteiger partial charge in [0.25, 0.3) is 0 Å². The lowest BCUT2D eigenvalue weighted by atomic mass is 9.46. The first-order chi connectivity index (χ1) is 15.4. The summed E-state index contributed by atoms with van der Waals surface area (Å²) in [6.45, 7) is 4.36. The molecule has 4 saturated carbocycles. The normalized spacial score (nSPS) is 34.2. The van der Waals surface area contributed by atoms with Crippen LogP contribution >= 0.6 is 27.5 Å². The number of benzene rings is 1. The van der Waals surface area contributed by atoms with Crippen LogP contribution in [0.3, 0.4) is 0 Å². The maximum absolute atomic E-state index is 14.0. The summed E-state index contributed by atoms with van der Waals surface area (Å²) in [7, 11) is 0. The van der Waals surface area contributed by atoms with E-state index in [1.54, 1.807) is 0 Å². The van der Waals surface area contributed by atoms with Gasteiger partial charge in [-0.25, -0.2) is 9.67 Å². The zero-order chi connectivity index (χ0) is 21.9. The largest absolute Gasteiger partial charge is 0.340 e. The number of halogens is 2. The number of piperazine rings is 1. The summed E-state index contributed by atoms with van der Waals surface area (Å²) in [6, 6.07) is 8.09. The third-order valence-electron chi connectivity index (χ3n) is 8.39. The molecule has 1 aliphatic heterocycles. The molecule has 5 fully saturated rings. The fourth-order valence-corrected chi connectivity index (χ4v) is 8.02. The van der Waals surface area contributed by atoms with Crippen LogP contribution in [0.15, 0.2) is 35.3 Å². The Balaban J connectivity index is 1.17. The van der Waals surface area contributed by atoms with Gasteiger partial charge in [-0.1, -0.05) is 23.7 Å². The van der Waals surface area contributed by atoms with Gasteiger partial charge in [-0.15, -0.1) is 5.10 Å². The molecule has 2 atom stereocenters. The van der Waals surface area contributed by atoms with Crippen molar-refractivity contribution < 1.29 is 4.79 Å². The van der Waals surface area contributed by atoms with Crippen LogP contribution in [0.2, 0.25) is 5.02 Å². The van der Waals surface area contributed by atoms with Crippen molar-refractivity contribution in [3.63, 3.8) is 0 Å². The van der Waals surface area contributed by atoms with Crippen LogP contribution in [-0.2, 0) is 16.9 Å². The molecule has 1 aromatic carbocycles. The number of nitrogens with zero attached hydrogens (tertiary/aromatic N) is 5. The van der Waals surface area contributed by atoms with Crippen molar-refractivity contribution in [2.24, 2.45) is 17.3 Å². The van der Waals surface area contributed by atoms with Gasteiger partial charge >= 0.3 is 0 Å². The molecule has 1 amide bonds. The van der Waals surface area contributed by atoms with Crippen LogP contribution < -0.4 is 0 Å².